The van der Waals surface area contributed by atoms with E-state index in [0.29, 0.717) is 0 Å². The minimum Gasteiger partial charge on any atom is -0.507 e. The molecule has 124 valence electrons. The number of nitro benzene ring substituents is 1. The zero-order valence-electron chi connectivity index (χ0n) is 12.1. The van der Waals surface area contributed by atoms with Crippen LogP contribution in [0.15, 0.2) is 46.1 Å². The third-order valence-corrected chi connectivity index (χ3v) is 2.77. The zero-order chi connectivity index (χ0) is 17.5. The second kappa shape index (κ2) is 7.54. The lowest BCUT2D eigenvalue weighted by molar-refractivity contribution is -0.384. The van der Waals surface area contributed by atoms with Crippen molar-refractivity contribution in [2.75, 3.05) is 6.54 Å². The van der Waals surface area contributed by atoms with Crippen LogP contribution in [-0.4, -0.2) is 34.6 Å². The second-order valence-electron chi connectivity index (χ2n) is 4.45. The number of carbonyl (C=O) groups is 2. The highest BCUT2D eigenvalue weighted by molar-refractivity contribution is 5.94. The van der Waals surface area contributed by atoms with Gasteiger partial charge in [-0.2, -0.15) is 5.10 Å². The summed E-state index contributed by atoms with van der Waals surface area (Å²) in [4.78, 5) is 33.1. The average Bonchev–Trinajstić information content (AvgIpc) is 3.08. The van der Waals surface area contributed by atoms with Crippen molar-refractivity contribution in [2.24, 2.45) is 5.10 Å². The van der Waals surface area contributed by atoms with Gasteiger partial charge in [-0.1, -0.05) is 0 Å². The number of hydrogen-bond donors (Lipinski definition) is 3. The minimum absolute atomic E-state index is 0.0594. The van der Waals surface area contributed by atoms with Crippen LogP contribution >= 0.6 is 0 Å². The molecule has 10 heteroatoms. The molecule has 2 aromatic rings. The van der Waals surface area contributed by atoms with Gasteiger partial charge in [0.2, 0.25) is 0 Å². The molecule has 1 heterocycles. The smallest absolute Gasteiger partial charge is 0.287 e. The van der Waals surface area contributed by atoms with Gasteiger partial charge in [0.15, 0.2) is 5.76 Å². The van der Waals surface area contributed by atoms with E-state index in [1.165, 1.54) is 18.4 Å². The van der Waals surface area contributed by atoms with Crippen LogP contribution in [0.2, 0.25) is 0 Å². The summed E-state index contributed by atoms with van der Waals surface area (Å²) in [6.45, 7) is -0.349. The molecule has 0 saturated heterocycles. The number of benzene rings is 1. The van der Waals surface area contributed by atoms with Crippen molar-refractivity contribution in [3.8, 4) is 5.75 Å². The Morgan fingerprint density at radius 3 is 2.83 bits per heavy atom. The molecule has 10 nitrogen and oxygen atoms in total. The molecular weight excluding hydrogens is 320 g/mol. The lowest BCUT2D eigenvalue weighted by Gasteiger charge is -2.02. The Bertz CT molecular complexity index is 785. The summed E-state index contributed by atoms with van der Waals surface area (Å²) in [6.07, 6.45) is 2.37. The lowest BCUT2D eigenvalue weighted by Crippen LogP contribution is -2.34. The number of nitrogens with zero attached hydrogens (tertiary/aromatic N) is 2. The molecule has 0 saturated carbocycles. The van der Waals surface area contributed by atoms with E-state index in [1.807, 2.05) is 0 Å². The first kappa shape index (κ1) is 16.7. The van der Waals surface area contributed by atoms with Gasteiger partial charge in [0.1, 0.15) is 5.75 Å². The largest absolute Gasteiger partial charge is 0.507 e. The van der Waals surface area contributed by atoms with Crippen molar-refractivity contribution >= 4 is 23.7 Å². The number of hydrogen-bond acceptors (Lipinski definition) is 7. The SMILES string of the molecule is O=C(CNC(=O)c1ccco1)N/N=C/c1cc([N+](=O)[O-])ccc1O. The fraction of sp³-hybridized carbons (Fsp3) is 0.0714. The highest BCUT2D eigenvalue weighted by atomic mass is 16.6. The number of carbonyl (C=O) groups excluding carboxylic acids is 2. The van der Waals surface area contributed by atoms with Gasteiger partial charge in [0.05, 0.1) is 23.9 Å². The summed E-state index contributed by atoms with van der Waals surface area (Å²) in [7, 11) is 0. The Morgan fingerprint density at radius 2 is 2.17 bits per heavy atom. The van der Waals surface area contributed by atoms with Gasteiger partial charge in [-0.25, -0.2) is 5.43 Å². The number of nitrogens with one attached hydrogen (secondary N) is 2. The molecule has 0 radical (unpaired) electrons. The predicted octanol–water partition coefficient (Wildman–Crippen LogP) is 0.773. The first-order valence-corrected chi connectivity index (χ1v) is 6.58. The van der Waals surface area contributed by atoms with Crippen molar-refractivity contribution in [1.29, 1.82) is 0 Å². The lowest BCUT2D eigenvalue weighted by atomic mass is 10.2. The second-order valence-corrected chi connectivity index (χ2v) is 4.45. The van der Waals surface area contributed by atoms with E-state index >= 15 is 0 Å². The molecule has 1 aromatic heterocycles. The third-order valence-electron chi connectivity index (χ3n) is 2.77. The maximum atomic E-state index is 11.5. The molecular formula is C14H12N4O6. The molecule has 24 heavy (non-hydrogen) atoms. The number of hydrazone groups is 1. The van der Waals surface area contributed by atoms with Crippen LogP contribution in [0, 0.1) is 10.1 Å². The molecule has 0 atom stereocenters. The molecule has 0 unspecified atom stereocenters. The maximum Gasteiger partial charge on any atom is 0.287 e. The van der Waals surface area contributed by atoms with Crippen molar-refractivity contribution in [2.45, 2.75) is 0 Å². The number of aromatic hydroxyl groups is 1. The van der Waals surface area contributed by atoms with Gasteiger partial charge in [-0.05, 0) is 18.2 Å². The van der Waals surface area contributed by atoms with Crippen LogP contribution in [0.4, 0.5) is 5.69 Å². The first-order chi connectivity index (χ1) is 11.5. The van der Waals surface area contributed by atoms with E-state index in [0.717, 1.165) is 24.4 Å². The fourth-order valence-electron chi connectivity index (χ4n) is 1.63. The molecule has 2 rings (SSSR count). The Morgan fingerprint density at radius 1 is 1.38 bits per heavy atom. The highest BCUT2D eigenvalue weighted by Gasteiger charge is 2.10. The molecule has 2 amide bonds. The summed E-state index contributed by atoms with van der Waals surface area (Å²) < 4.78 is 4.85. The Hall–Kier alpha value is -3.69. The van der Waals surface area contributed by atoms with E-state index in [2.05, 4.69) is 15.8 Å². The van der Waals surface area contributed by atoms with Crippen LogP contribution in [0.1, 0.15) is 16.1 Å². The highest BCUT2D eigenvalue weighted by Crippen LogP contribution is 2.21. The quantitative estimate of drug-likeness (QED) is 0.404. The molecule has 1 aromatic carbocycles. The monoisotopic (exact) mass is 332 g/mol. The fourth-order valence-corrected chi connectivity index (χ4v) is 1.63. The molecule has 0 spiro atoms. The van der Waals surface area contributed by atoms with E-state index in [4.69, 9.17) is 4.42 Å². The Kier molecular flexibility index (Phi) is 5.24. The molecule has 0 fully saturated rings. The summed E-state index contributed by atoms with van der Waals surface area (Å²) in [5.74, 6) is -1.36. The Balaban J connectivity index is 1.87. The summed E-state index contributed by atoms with van der Waals surface area (Å²) >= 11 is 0. The number of amides is 2. The number of nitro groups is 1. The summed E-state index contributed by atoms with van der Waals surface area (Å²) in [5, 5.41) is 26.1. The van der Waals surface area contributed by atoms with Crippen molar-refractivity contribution in [1.82, 2.24) is 10.7 Å². The van der Waals surface area contributed by atoms with Crippen LogP contribution in [0.3, 0.4) is 0 Å². The number of furan rings is 1. The van der Waals surface area contributed by atoms with Crippen molar-refractivity contribution in [3.05, 3.63) is 58.0 Å². The number of phenolic OH excluding ortho intramolecular Hbond substituents is 1. The summed E-state index contributed by atoms with van der Waals surface area (Å²) in [5.41, 5.74) is 1.94. The minimum atomic E-state index is -0.629. The van der Waals surface area contributed by atoms with Gasteiger partial charge in [0.25, 0.3) is 17.5 Å². The van der Waals surface area contributed by atoms with Crippen LogP contribution < -0.4 is 10.7 Å². The average molecular weight is 332 g/mol. The molecule has 0 aliphatic heterocycles. The zero-order valence-corrected chi connectivity index (χ0v) is 12.1. The van der Waals surface area contributed by atoms with Crippen molar-refractivity contribution < 1.29 is 24.0 Å². The van der Waals surface area contributed by atoms with E-state index in [-0.39, 0.29) is 29.3 Å². The molecule has 0 bridgehead atoms. The topological polar surface area (TPSA) is 147 Å². The van der Waals surface area contributed by atoms with E-state index < -0.39 is 16.7 Å². The molecule has 0 aliphatic rings. The van der Waals surface area contributed by atoms with Gasteiger partial charge in [-0.3, -0.25) is 19.7 Å². The maximum absolute atomic E-state index is 11.5. The van der Waals surface area contributed by atoms with Crippen molar-refractivity contribution in [3.63, 3.8) is 0 Å². The van der Waals surface area contributed by atoms with Crippen LogP contribution in [0.25, 0.3) is 0 Å². The molecule has 3 N–H and O–H groups in total. The molecule has 0 aliphatic carbocycles. The third kappa shape index (κ3) is 4.40. The van der Waals surface area contributed by atoms with Gasteiger partial charge >= 0.3 is 0 Å². The van der Waals surface area contributed by atoms with Crippen LogP contribution in [-0.2, 0) is 4.79 Å². The van der Waals surface area contributed by atoms with Gasteiger partial charge in [-0.15, -0.1) is 0 Å². The van der Waals surface area contributed by atoms with Crippen LogP contribution in [0.5, 0.6) is 5.75 Å². The number of non-ortho nitro benzene ring substituents is 1. The normalized spacial score (nSPS) is 10.5. The van der Waals surface area contributed by atoms with Gasteiger partial charge < -0.3 is 14.8 Å². The summed E-state index contributed by atoms with van der Waals surface area (Å²) in [6, 6.07) is 6.35. The predicted molar refractivity (Wildman–Crippen MR) is 81.5 cm³/mol. The standard InChI is InChI=1S/C14H12N4O6/c19-11-4-3-10(18(22)23)6-9(11)7-16-17-13(20)8-15-14(21)12-2-1-5-24-12/h1-7,19H,8H2,(H,15,21)(H,17,20)/b16-7+. The van der Waals surface area contributed by atoms with E-state index in [9.17, 15) is 24.8 Å². The van der Waals surface area contributed by atoms with Gasteiger partial charge in [0, 0.05) is 17.7 Å². The number of rotatable bonds is 6. The number of phenols is 1. The Labute approximate surface area is 134 Å². The van der Waals surface area contributed by atoms with E-state index in [1.54, 1.807) is 0 Å². The first-order valence-electron chi connectivity index (χ1n) is 6.58.